The third-order valence-electron chi connectivity index (χ3n) is 4.45. The minimum atomic E-state index is -0.822. The van der Waals surface area contributed by atoms with Crippen molar-refractivity contribution < 1.29 is 13.3 Å². The van der Waals surface area contributed by atoms with Crippen LogP contribution in [0.5, 0.6) is 0 Å². The number of rotatable bonds is 6. The number of aromatic nitrogens is 1. The number of hydrogen-bond donors (Lipinski definition) is 0. The predicted octanol–water partition coefficient (Wildman–Crippen LogP) is 4.26. The molecule has 1 aromatic heterocycles. The Bertz CT molecular complexity index is 810. The quantitative estimate of drug-likeness (QED) is 0.579. The number of pyridine rings is 1. The molecule has 3 nitrogen and oxygen atoms in total. The molecule has 0 atom stereocenters. The molecule has 0 bridgehead atoms. The minimum absolute atomic E-state index is 0.268. The van der Waals surface area contributed by atoms with Gasteiger partial charge in [-0.25, -0.2) is 13.3 Å². The Labute approximate surface area is 148 Å². The van der Waals surface area contributed by atoms with Gasteiger partial charge in [0.2, 0.25) is 5.69 Å². The number of nitriles is 1. The molecule has 0 unspecified atom stereocenters. The van der Waals surface area contributed by atoms with Gasteiger partial charge in [0.05, 0.1) is 5.56 Å². The molecule has 132 valence electrons. The van der Waals surface area contributed by atoms with Gasteiger partial charge in [-0.1, -0.05) is 19.8 Å². The highest BCUT2D eigenvalue weighted by atomic mass is 19.1. The average molecular weight is 344 g/mol. The van der Waals surface area contributed by atoms with E-state index in [0.29, 0.717) is 11.3 Å². The van der Waals surface area contributed by atoms with Gasteiger partial charge < -0.3 is 4.90 Å². The average Bonchev–Trinajstić information content (AvgIpc) is 2.56. The van der Waals surface area contributed by atoms with E-state index in [-0.39, 0.29) is 5.56 Å². The Morgan fingerprint density at radius 3 is 2.60 bits per heavy atom. The third-order valence-corrected chi connectivity index (χ3v) is 4.45. The molecule has 0 N–H and O–H groups in total. The summed E-state index contributed by atoms with van der Waals surface area (Å²) in [5, 5.41) is 9.05. The number of anilines is 1. The number of halogens is 2. The minimum Gasteiger partial charge on any atom is -0.374 e. The van der Waals surface area contributed by atoms with Gasteiger partial charge in [-0.15, -0.1) is 0 Å². The molecule has 0 aliphatic heterocycles. The van der Waals surface area contributed by atoms with Crippen molar-refractivity contribution in [2.45, 2.75) is 33.1 Å². The highest BCUT2D eigenvalue weighted by molar-refractivity contribution is 5.68. The fraction of sp³-hybridized carbons (Fsp3) is 0.400. The van der Waals surface area contributed by atoms with E-state index in [0.717, 1.165) is 31.5 Å². The van der Waals surface area contributed by atoms with E-state index in [2.05, 4.69) is 11.8 Å². The lowest BCUT2D eigenvalue weighted by Gasteiger charge is -2.19. The third kappa shape index (κ3) is 3.96. The Kier molecular flexibility index (Phi) is 6.08. The SMILES string of the molecule is CCCCCN(C)c1cc[n+](C)c(-c2c(C)cc(F)c(C#N)c2F)c1. The standard InChI is InChI=1S/C20H24F2N3/c1-5-6-7-9-24(3)15-8-10-25(4)18(12-15)19-14(2)11-17(21)16(13-23)20(19)22/h8,10-12H,5-7,9H2,1-4H3/q+1. The van der Waals surface area contributed by atoms with E-state index in [1.165, 1.54) is 6.07 Å². The molecule has 0 saturated carbocycles. The molecule has 1 heterocycles. The first-order valence-corrected chi connectivity index (χ1v) is 8.50. The summed E-state index contributed by atoms with van der Waals surface area (Å²) in [6, 6.07) is 6.69. The fourth-order valence-electron chi connectivity index (χ4n) is 2.93. The van der Waals surface area contributed by atoms with Crippen molar-refractivity contribution in [2.24, 2.45) is 7.05 Å². The van der Waals surface area contributed by atoms with Crippen molar-refractivity contribution in [3.8, 4) is 17.3 Å². The summed E-state index contributed by atoms with van der Waals surface area (Å²) in [6.07, 6.45) is 5.26. The number of unbranched alkanes of at least 4 members (excludes halogenated alkanes) is 2. The van der Waals surface area contributed by atoms with Crippen molar-refractivity contribution in [2.75, 3.05) is 18.5 Å². The van der Waals surface area contributed by atoms with Crippen LogP contribution < -0.4 is 9.47 Å². The van der Waals surface area contributed by atoms with Crippen LogP contribution in [0, 0.1) is 29.9 Å². The molecule has 0 radical (unpaired) electrons. The van der Waals surface area contributed by atoms with Crippen molar-refractivity contribution >= 4 is 5.69 Å². The molecule has 0 amide bonds. The maximum absolute atomic E-state index is 14.8. The van der Waals surface area contributed by atoms with Crippen LogP contribution in [-0.4, -0.2) is 13.6 Å². The Morgan fingerprint density at radius 2 is 1.96 bits per heavy atom. The van der Waals surface area contributed by atoms with Gasteiger partial charge in [-0.2, -0.15) is 5.26 Å². The monoisotopic (exact) mass is 344 g/mol. The summed E-state index contributed by atoms with van der Waals surface area (Å²) in [7, 11) is 3.81. The molecule has 0 aliphatic rings. The molecule has 0 aliphatic carbocycles. The summed E-state index contributed by atoms with van der Waals surface area (Å²) in [5.74, 6) is -1.63. The largest absolute Gasteiger partial charge is 0.374 e. The molecule has 2 rings (SSSR count). The predicted molar refractivity (Wildman–Crippen MR) is 95.2 cm³/mol. The van der Waals surface area contributed by atoms with Crippen molar-refractivity contribution in [1.29, 1.82) is 5.26 Å². The number of nitrogens with zero attached hydrogens (tertiary/aromatic N) is 3. The topological polar surface area (TPSA) is 30.9 Å². The van der Waals surface area contributed by atoms with Gasteiger partial charge in [0, 0.05) is 31.4 Å². The number of hydrogen-bond acceptors (Lipinski definition) is 2. The van der Waals surface area contributed by atoms with Crippen LogP contribution in [-0.2, 0) is 7.05 Å². The van der Waals surface area contributed by atoms with Crippen molar-refractivity contribution in [3.05, 3.63) is 47.2 Å². The second-order valence-electron chi connectivity index (χ2n) is 6.36. The summed E-state index contributed by atoms with van der Waals surface area (Å²) in [6.45, 7) is 4.73. The van der Waals surface area contributed by atoms with E-state index in [4.69, 9.17) is 5.26 Å². The molecular formula is C20H24F2N3+. The van der Waals surface area contributed by atoms with Gasteiger partial charge in [-0.3, -0.25) is 0 Å². The van der Waals surface area contributed by atoms with E-state index < -0.39 is 17.2 Å². The van der Waals surface area contributed by atoms with Gasteiger partial charge in [0.25, 0.3) is 0 Å². The van der Waals surface area contributed by atoms with Crippen molar-refractivity contribution in [1.82, 2.24) is 0 Å². The Hall–Kier alpha value is -2.48. The molecule has 25 heavy (non-hydrogen) atoms. The van der Waals surface area contributed by atoms with Crippen LogP contribution in [0.2, 0.25) is 0 Å². The smallest absolute Gasteiger partial charge is 0.217 e. The second-order valence-corrected chi connectivity index (χ2v) is 6.36. The molecule has 0 saturated heterocycles. The molecule has 5 heteroatoms. The molecule has 1 aromatic carbocycles. The number of benzene rings is 1. The first-order chi connectivity index (χ1) is 11.9. The first-order valence-electron chi connectivity index (χ1n) is 8.50. The van der Waals surface area contributed by atoms with Gasteiger partial charge in [0.15, 0.2) is 12.0 Å². The zero-order valence-electron chi connectivity index (χ0n) is 15.2. The highest BCUT2D eigenvalue weighted by Crippen LogP contribution is 2.30. The van der Waals surface area contributed by atoms with Crippen LogP contribution in [0.15, 0.2) is 24.4 Å². The summed E-state index contributed by atoms with van der Waals surface area (Å²) in [5.41, 5.74) is 1.78. The van der Waals surface area contributed by atoms with Crippen LogP contribution in [0.3, 0.4) is 0 Å². The van der Waals surface area contributed by atoms with Crippen LogP contribution >= 0.6 is 0 Å². The maximum Gasteiger partial charge on any atom is 0.217 e. The highest BCUT2D eigenvalue weighted by Gasteiger charge is 2.24. The summed E-state index contributed by atoms with van der Waals surface area (Å²) in [4.78, 5) is 2.13. The van der Waals surface area contributed by atoms with Crippen LogP contribution in [0.1, 0.15) is 37.3 Å². The molecular weight excluding hydrogens is 320 g/mol. The lowest BCUT2D eigenvalue weighted by Crippen LogP contribution is -2.32. The normalized spacial score (nSPS) is 10.6. The van der Waals surface area contributed by atoms with Crippen LogP contribution in [0.4, 0.5) is 14.5 Å². The second kappa shape index (κ2) is 8.06. The van der Waals surface area contributed by atoms with E-state index in [1.54, 1.807) is 17.6 Å². The number of aryl methyl sites for hydroxylation is 2. The zero-order chi connectivity index (χ0) is 18.6. The lowest BCUT2D eigenvalue weighted by molar-refractivity contribution is -0.660. The maximum atomic E-state index is 14.8. The van der Waals surface area contributed by atoms with Crippen LogP contribution in [0.25, 0.3) is 11.3 Å². The summed E-state index contributed by atoms with van der Waals surface area (Å²) < 4.78 is 30.3. The Morgan fingerprint density at radius 1 is 1.24 bits per heavy atom. The lowest BCUT2D eigenvalue weighted by atomic mass is 9.99. The molecule has 0 spiro atoms. The Balaban J connectivity index is 2.50. The van der Waals surface area contributed by atoms with Gasteiger partial charge in [0.1, 0.15) is 24.5 Å². The van der Waals surface area contributed by atoms with Crippen molar-refractivity contribution in [3.63, 3.8) is 0 Å². The van der Waals surface area contributed by atoms with E-state index >= 15 is 0 Å². The summed E-state index contributed by atoms with van der Waals surface area (Å²) >= 11 is 0. The molecule has 2 aromatic rings. The van der Waals surface area contributed by atoms with Gasteiger partial charge >= 0.3 is 0 Å². The first kappa shape index (κ1) is 18.9. The van der Waals surface area contributed by atoms with Gasteiger partial charge in [-0.05, 0) is 25.0 Å². The zero-order valence-corrected chi connectivity index (χ0v) is 15.2. The fourth-order valence-corrected chi connectivity index (χ4v) is 2.93. The molecule has 0 fully saturated rings. The van der Waals surface area contributed by atoms with E-state index in [1.807, 2.05) is 32.4 Å². The van der Waals surface area contributed by atoms with E-state index in [9.17, 15) is 8.78 Å².